The number of nitrogens with one attached hydrogen (secondary N) is 1. The third-order valence-corrected chi connectivity index (χ3v) is 4.18. The first kappa shape index (κ1) is 17.3. The number of aliphatic hydroxyl groups excluding tert-OH is 2. The van der Waals surface area contributed by atoms with Crippen molar-refractivity contribution in [3.63, 3.8) is 0 Å². The normalized spacial score (nSPS) is 12.3. The molecule has 2 aromatic heterocycles. The van der Waals surface area contributed by atoms with Gasteiger partial charge in [-0.15, -0.1) is 0 Å². The van der Waals surface area contributed by atoms with Gasteiger partial charge in [0.1, 0.15) is 5.75 Å². The first-order valence-corrected chi connectivity index (χ1v) is 8.27. The number of nitrogens with zero attached hydrogens (tertiary/aromatic N) is 2. The lowest BCUT2D eigenvalue weighted by Gasteiger charge is -2.12. The van der Waals surface area contributed by atoms with Gasteiger partial charge in [-0.3, -0.25) is 0 Å². The van der Waals surface area contributed by atoms with Crippen LogP contribution < -0.4 is 4.74 Å². The van der Waals surface area contributed by atoms with E-state index in [0.29, 0.717) is 13.0 Å². The Balaban J connectivity index is 2.04. The number of hydrogen-bond donors (Lipinski definition) is 3. The van der Waals surface area contributed by atoms with Gasteiger partial charge in [0, 0.05) is 17.8 Å². The number of aryl methyl sites for hydroxylation is 2. The van der Waals surface area contributed by atoms with Gasteiger partial charge < -0.3 is 24.5 Å². The second kappa shape index (κ2) is 7.55. The van der Waals surface area contributed by atoms with Crippen molar-refractivity contribution in [2.75, 3.05) is 13.7 Å². The van der Waals surface area contributed by atoms with Gasteiger partial charge in [-0.2, -0.15) is 0 Å². The molecule has 2 heterocycles. The first-order valence-electron chi connectivity index (χ1n) is 8.27. The zero-order chi connectivity index (χ0) is 17.8. The van der Waals surface area contributed by atoms with Gasteiger partial charge in [-0.25, -0.2) is 4.98 Å². The van der Waals surface area contributed by atoms with Crippen LogP contribution in [0.4, 0.5) is 0 Å². The van der Waals surface area contributed by atoms with E-state index in [1.165, 1.54) is 0 Å². The maximum atomic E-state index is 9.67. The molecule has 3 rings (SSSR count). The molecule has 0 bridgehead atoms. The molecule has 25 heavy (non-hydrogen) atoms. The van der Waals surface area contributed by atoms with E-state index in [4.69, 9.17) is 9.84 Å². The fourth-order valence-corrected chi connectivity index (χ4v) is 2.84. The highest BCUT2D eigenvalue weighted by molar-refractivity contribution is 5.77. The van der Waals surface area contributed by atoms with Gasteiger partial charge in [0.25, 0.3) is 0 Å². The Kier molecular flexibility index (Phi) is 5.21. The molecule has 0 radical (unpaired) electrons. The minimum atomic E-state index is -0.735. The third kappa shape index (κ3) is 3.75. The molecule has 0 aliphatic heterocycles. The molecule has 0 amide bonds. The number of methoxy groups -OCH3 is 1. The summed E-state index contributed by atoms with van der Waals surface area (Å²) < 4.78 is 7.32. The fourth-order valence-electron chi connectivity index (χ4n) is 2.84. The zero-order valence-electron chi connectivity index (χ0n) is 14.4. The Labute approximate surface area is 146 Å². The molecule has 0 saturated heterocycles. The number of aliphatic hydroxyl groups is 2. The smallest absolute Gasteiger partial charge is 0.119 e. The van der Waals surface area contributed by atoms with Crippen LogP contribution in [0.1, 0.15) is 12.1 Å². The molecular weight excluding hydrogens is 318 g/mol. The molecule has 6 heteroatoms. The molecule has 132 valence electrons. The van der Waals surface area contributed by atoms with Crippen molar-refractivity contribution in [2.24, 2.45) is 0 Å². The average molecular weight is 341 g/mol. The van der Waals surface area contributed by atoms with Crippen LogP contribution in [0.3, 0.4) is 0 Å². The monoisotopic (exact) mass is 341 g/mol. The van der Waals surface area contributed by atoms with Gasteiger partial charge in [0.05, 0.1) is 43.2 Å². The number of benzene rings is 1. The Morgan fingerprint density at radius 1 is 1.28 bits per heavy atom. The molecule has 1 unspecified atom stereocenters. The molecule has 0 saturated carbocycles. The average Bonchev–Trinajstić information content (AvgIpc) is 3.25. The summed E-state index contributed by atoms with van der Waals surface area (Å²) in [6.07, 6.45) is 1.49. The molecule has 0 fully saturated rings. The van der Waals surface area contributed by atoms with Crippen LogP contribution in [0.25, 0.3) is 22.6 Å². The summed E-state index contributed by atoms with van der Waals surface area (Å²) >= 11 is 0. The van der Waals surface area contributed by atoms with E-state index < -0.39 is 6.10 Å². The number of hydrogen-bond acceptors (Lipinski definition) is 4. The number of H-pyrrole nitrogens is 1. The zero-order valence-corrected chi connectivity index (χ0v) is 14.4. The summed E-state index contributed by atoms with van der Waals surface area (Å²) in [6, 6.07) is 11.8. The van der Waals surface area contributed by atoms with Crippen molar-refractivity contribution in [3.05, 3.63) is 48.4 Å². The summed E-state index contributed by atoms with van der Waals surface area (Å²) in [5.74, 6) is 0.774. The SMILES string of the molecule is COc1cccc(-c2ncn(CCC(O)CO)c2-c2ccc(C)[nH]2)c1. The van der Waals surface area contributed by atoms with E-state index in [0.717, 1.165) is 34.1 Å². The second-order valence-electron chi connectivity index (χ2n) is 6.05. The van der Waals surface area contributed by atoms with Gasteiger partial charge in [0.2, 0.25) is 0 Å². The Hall–Kier alpha value is -2.57. The van der Waals surface area contributed by atoms with Gasteiger partial charge in [0.15, 0.2) is 0 Å². The topological polar surface area (TPSA) is 83.3 Å². The van der Waals surface area contributed by atoms with E-state index in [9.17, 15) is 5.11 Å². The van der Waals surface area contributed by atoms with Crippen molar-refractivity contribution in [1.82, 2.24) is 14.5 Å². The summed E-state index contributed by atoms with van der Waals surface area (Å²) in [5, 5.41) is 18.7. The lowest BCUT2D eigenvalue weighted by atomic mass is 10.1. The van der Waals surface area contributed by atoms with E-state index >= 15 is 0 Å². The van der Waals surface area contributed by atoms with Crippen molar-refractivity contribution in [3.8, 4) is 28.4 Å². The number of ether oxygens (including phenoxy) is 1. The molecule has 6 nitrogen and oxygen atoms in total. The predicted molar refractivity (Wildman–Crippen MR) is 96.4 cm³/mol. The molecule has 3 aromatic rings. The van der Waals surface area contributed by atoms with E-state index in [1.54, 1.807) is 13.4 Å². The largest absolute Gasteiger partial charge is 0.497 e. The van der Waals surface area contributed by atoms with Gasteiger partial charge >= 0.3 is 0 Å². The molecule has 1 atom stereocenters. The fraction of sp³-hybridized carbons (Fsp3) is 0.316. The molecule has 1 aromatic carbocycles. The van der Waals surface area contributed by atoms with Crippen LogP contribution in [0.15, 0.2) is 42.7 Å². The summed E-state index contributed by atoms with van der Waals surface area (Å²) in [7, 11) is 1.64. The maximum Gasteiger partial charge on any atom is 0.119 e. The number of aromatic nitrogens is 3. The van der Waals surface area contributed by atoms with Crippen LogP contribution in [-0.4, -0.2) is 44.6 Å². The minimum Gasteiger partial charge on any atom is -0.497 e. The minimum absolute atomic E-state index is 0.242. The molecular formula is C19H23N3O3. The van der Waals surface area contributed by atoms with Crippen LogP contribution in [0, 0.1) is 6.92 Å². The quantitative estimate of drug-likeness (QED) is 0.617. The molecule has 0 aliphatic rings. The second-order valence-corrected chi connectivity index (χ2v) is 6.05. The highest BCUT2D eigenvalue weighted by Crippen LogP contribution is 2.32. The van der Waals surface area contributed by atoms with Crippen molar-refractivity contribution in [2.45, 2.75) is 26.0 Å². The van der Waals surface area contributed by atoms with E-state index in [2.05, 4.69) is 9.97 Å². The Bertz CT molecular complexity index is 838. The highest BCUT2D eigenvalue weighted by atomic mass is 16.5. The van der Waals surface area contributed by atoms with Crippen LogP contribution in [0.5, 0.6) is 5.75 Å². The predicted octanol–water partition coefficient (Wildman–Crippen LogP) is 2.61. The highest BCUT2D eigenvalue weighted by Gasteiger charge is 2.17. The van der Waals surface area contributed by atoms with Gasteiger partial charge in [-0.1, -0.05) is 12.1 Å². The van der Waals surface area contributed by atoms with Crippen molar-refractivity contribution in [1.29, 1.82) is 0 Å². The molecule has 3 N–H and O–H groups in total. The Morgan fingerprint density at radius 2 is 2.12 bits per heavy atom. The van der Waals surface area contributed by atoms with Crippen LogP contribution in [0.2, 0.25) is 0 Å². The Morgan fingerprint density at radius 3 is 2.80 bits per heavy atom. The van der Waals surface area contributed by atoms with Crippen LogP contribution in [-0.2, 0) is 6.54 Å². The van der Waals surface area contributed by atoms with E-state index in [1.807, 2.05) is 47.9 Å². The number of aromatic amines is 1. The van der Waals surface area contributed by atoms with E-state index in [-0.39, 0.29) is 6.61 Å². The maximum absolute atomic E-state index is 9.67. The summed E-state index contributed by atoms with van der Waals surface area (Å²) in [4.78, 5) is 7.95. The van der Waals surface area contributed by atoms with Crippen molar-refractivity contribution < 1.29 is 14.9 Å². The number of imidazole rings is 1. The van der Waals surface area contributed by atoms with Gasteiger partial charge in [-0.05, 0) is 37.6 Å². The number of rotatable bonds is 7. The third-order valence-electron chi connectivity index (χ3n) is 4.18. The lowest BCUT2D eigenvalue weighted by molar-refractivity contribution is 0.0847. The first-order chi connectivity index (χ1) is 12.1. The molecule has 0 aliphatic carbocycles. The standard InChI is InChI=1S/C19H23N3O3/c1-13-6-7-17(21-13)19-18(14-4-3-5-16(10-14)25-2)20-12-22(19)9-8-15(24)11-23/h3-7,10,12,15,21,23-24H,8-9,11H2,1-2H3. The molecule has 0 spiro atoms. The lowest BCUT2D eigenvalue weighted by Crippen LogP contribution is -2.15. The van der Waals surface area contributed by atoms with Crippen molar-refractivity contribution >= 4 is 0 Å². The summed E-state index contributed by atoms with van der Waals surface area (Å²) in [5.41, 5.74) is 4.79. The summed E-state index contributed by atoms with van der Waals surface area (Å²) in [6.45, 7) is 2.32. The van der Waals surface area contributed by atoms with Crippen LogP contribution >= 0.6 is 0 Å².